The number of hydrogen-bond donors (Lipinski definition) is 2. The fraction of sp³-hybridized carbons (Fsp3) is 0.789. The molecular weight excluding hydrogens is 629 g/mol. The third kappa shape index (κ3) is 34.1. The van der Waals surface area contributed by atoms with Gasteiger partial charge in [-0.25, -0.2) is 4.57 Å². The molecule has 10 heteroatoms. The molecule has 0 amide bonds. The predicted octanol–water partition coefficient (Wildman–Crippen LogP) is 10.2. The van der Waals surface area contributed by atoms with Crippen LogP contribution >= 0.6 is 7.82 Å². The third-order valence-electron chi connectivity index (χ3n) is 7.78. The van der Waals surface area contributed by atoms with Gasteiger partial charge in [0.2, 0.25) is 0 Å². The highest BCUT2D eigenvalue weighted by Gasteiger charge is 2.25. The van der Waals surface area contributed by atoms with E-state index in [2.05, 4.69) is 50.3 Å². The molecule has 0 aromatic carbocycles. The van der Waals surface area contributed by atoms with E-state index in [1.54, 1.807) is 0 Å². The molecule has 0 aromatic heterocycles. The zero-order chi connectivity index (χ0) is 35.4. The number of unbranched alkanes of at least 4 members (excludes halogenated alkanes) is 17. The van der Waals surface area contributed by atoms with Gasteiger partial charge in [-0.05, 0) is 64.2 Å². The number of allylic oxidation sites excluding steroid dienone is 6. The van der Waals surface area contributed by atoms with Crippen LogP contribution in [0.4, 0.5) is 0 Å². The van der Waals surface area contributed by atoms with Gasteiger partial charge in [-0.15, -0.1) is 0 Å². The number of carbonyl (C=O) groups excluding carboxylic acids is 2. The quantitative estimate of drug-likeness (QED) is 0.0218. The summed E-state index contributed by atoms with van der Waals surface area (Å²) in [5, 5.41) is 0. The molecule has 0 aliphatic carbocycles. The van der Waals surface area contributed by atoms with Crippen LogP contribution in [-0.4, -0.2) is 49.3 Å². The molecule has 280 valence electrons. The van der Waals surface area contributed by atoms with Crippen molar-refractivity contribution in [2.75, 3.05) is 26.4 Å². The Labute approximate surface area is 293 Å². The van der Waals surface area contributed by atoms with Crippen molar-refractivity contribution in [1.82, 2.24) is 0 Å². The molecule has 0 radical (unpaired) electrons. The molecule has 0 aromatic rings. The second-order valence-electron chi connectivity index (χ2n) is 12.5. The Morgan fingerprint density at radius 1 is 0.625 bits per heavy atom. The summed E-state index contributed by atoms with van der Waals surface area (Å²) in [7, 11) is -4.37. The number of carbonyl (C=O) groups is 2. The molecule has 9 nitrogen and oxygen atoms in total. The molecular formula is C38H70NO8P. The van der Waals surface area contributed by atoms with E-state index >= 15 is 0 Å². The zero-order valence-corrected chi connectivity index (χ0v) is 31.4. The van der Waals surface area contributed by atoms with Crippen molar-refractivity contribution in [3.8, 4) is 0 Å². The smallest absolute Gasteiger partial charge is 0.462 e. The molecule has 0 aliphatic rings. The van der Waals surface area contributed by atoms with Gasteiger partial charge in [0.15, 0.2) is 6.10 Å². The number of esters is 2. The van der Waals surface area contributed by atoms with Crippen LogP contribution in [0.25, 0.3) is 0 Å². The SMILES string of the molecule is CCCCC/C=C/CCCCCCCC(=O)O[C@H](COC(=O)CCCCCCC/C=C/C=C/CCCCCC)COP(=O)(O)OCCN. The lowest BCUT2D eigenvalue weighted by Gasteiger charge is -2.19. The van der Waals surface area contributed by atoms with E-state index in [1.165, 1.54) is 44.9 Å². The molecule has 0 saturated heterocycles. The van der Waals surface area contributed by atoms with Crippen LogP contribution in [0.15, 0.2) is 36.5 Å². The molecule has 0 rings (SSSR count). The highest BCUT2D eigenvalue weighted by atomic mass is 31.2. The molecule has 2 atom stereocenters. The summed E-state index contributed by atoms with van der Waals surface area (Å²) >= 11 is 0. The van der Waals surface area contributed by atoms with Crippen molar-refractivity contribution in [1.29, 1.82) is 0 Å². The average Bonchev–Trinajstić information content (AvgIpc) is 3.07. The summed E-state index contributed by atoms with van der Waals surface area (Å²) in [5.41, 5.74) is 5.32. The minimum Gasteiger partial charge on any atom is -0.462 e. The summed E-state index contributed by atoms with van der Waals surface area (Å²) in [6.07, 6.45) is 36.0. The minimum atomic E-state index is -4.37. The third-order valence-corrected chi connectivity index (χ3v) is 8.76. The van der Waals surface area contributed by atoms with Gasteiger partial charge < -0.3 is 20.1 Å². The monoisotopic (exact) mass is 699 g/mol. The number of phosphoric acid groups is 1. The number of phosphoric ester groups is 1. The normalized spacial score (nSPS) is 13.8. The van der Waals surface area contributed by atoms with Crippen molar-refractivity contribution >= 4 is 19.8 Å². The first kappa shape index (κ1) is 46.2. The van der Waals surface area contributed by atoms with Crippen molar-refractivity contribution < 1.29 is 37.6 Å². The second-order valence-corrected chi connectivity index (χ2v) is 13.9. The first-order chi connectivity index (χ1) is 23.3. The molecule has 0 fully saturated rings. The number of hydrogen-bond acceptors (Lipinski definition) is 8. The highest BCUT2D eigenvalue weighted by molar-refractivity contribution is 7.47. The van der Waals surface area contributed by atoms with Crippen LogP contribution < -0.4 is 5.73 Å². The Morgan fingerprint density at radius 2 is 1.08 bits per heavy atom. The topological polar surface area (TPSA) is 134 Å². The second kappa shape index (κ2) is 35.1. The lowest BCUT2D eigenvalue weighted by atomic mass is 10.1. The Balaban J connectivity index is 4.27. The summed E-state index contributed by atoms with van der Waals surface area (Å²) in [4.78, 5) is 34.7. The van der Waals surface area contributed by atoms with Crippen LogP contribution in [0, 0.1) is 0 Å². The number of nitrogens with two attached hydrogens (primary N) is 1. The Kier molecular flexibility index (Phi) is 33.8. The van der Waals surface area contributed by atoms with Crippen molar-refractivity contribution in [3.05, 3.63) is 36.5 Å². The summed E-state index contributed by atoms with van der Waals surface area (Å²) in [6.45, 7) is 3.64. The van der Waals surface area contributed by atoms with Crippen LogP contribution in [0.3, 0.4) is 0 Å². The van der Waals surface area contributed by atoms with Crippen LogP contribution in [0.2, 0.25) is 0 Å². The van der Waals surface area contributed by atoms with Gasteiger partial charge in [-0.1, -0.05) is 121 Å². The largest absolute Gasteiger partial charge is 0.472 e. The summed E-state index contributed by atoms with van der Waals surface area (Å²) in [5.74, 6) is -0.860. The van der Waals surface area contributed by atoms with Crippen LogP contribution in [-0.2, 0) is 32.7 Å². The van der Waals surface area contributed by atoms with Crippen molar-refractivity contribution in [2.45, 2.75) is 168 Å². The van der Waals surface area contributed by atoms with E-state index in [1.807, 2.05) is 0 Å². The maximum atomic E-state index is 12.5. The predicted molar refractivity (Wildman–Crippen MR) is 197 cm³/mol. The van der Waals surface area contributed by atoms with Gasteiger partial charge >= 0.3 is 19.8 Å². The first-order valence-electron chi connectivity index (χ1n) is 19.0. The fourth-order valence-electron chi connectivity index (χ4n) is 4.91. The van der Waals surface area contributed by atoms with E-state index in [0.717, 1.165) is 77.0 Å². The van der Waals surface area contributed by atoms with Crippen molar-refractivity contribution in [3.63, 3.8) is 0 Å². The standard InChI is InChI=1S/C38H70NO8P/c1-3-5-7-9-11-13-15-17-18-19-21-22-24-26-28-30-37(40)44-34-36(35-46-48(42,43)45-33-32-39)47-38(41)31-29-27-25-23-20-16-14-12-10-8-6-4-2/h12-15,17-18,36H,3-11,16,19-35,39H2,1-2H3,(H,42,43)/b14-12+,15-13+,18-17+/t36-/m1/s1. The molecule has 0 bridgehead atoms. The maximum absolute atomic E-state index is 12.5. The average molecular weight is 700 g/mol. The number of ether oxygens (including phenoxy) is 2. The van der Waals surface area contributed by atoms with E-state index < -0.39 is 32.5 Å². The Hall–Kier alpha value is -1.77. The van der Waals surface area contributed by atoms with Gasteiger partial charge in [0.25, 0.3) is 0 Å². The molecule has 0 heterocycles. The van der Waals surface area contributed by atoms with E-state index in [0.29, 0.717) is 12.8 Å². The molecule has 0 aliphatic heterocycles. The molecule has 0 saturated carbocycles. The molecule has 1 unspecified atom stereocenters. The van der Waals surface area contributed by atoms with Gasteiger partial charge in [0, 0.05) is 19.4 Å². The van der Waals surface area contributed by atoms with Gasteiger partial charge in [0.1, 0.15) is 6.61 Å². The van der Waals surface area contributed by atoms with E-state index in [9.17, 15) is 19.0 Å². The van der Waals surface area contributed by atoms with Gasteiger partial charge in [0.05, 0.1) is 13.2 Å². The minimum absolute atomic E-state index is 0.0492. The van der Waals surface area contributed by atoms with Crippen LogP contribution in [0.5, 0.6) is 0 Å². The maximum Gasteiger partial charge on any atom is 0.472 e. The fourth-order valence-corrected chi connectivity index (χ4v) is 5.68. The van der Waals surface area contributed by atoms with Crippen LogP contribution in [0.1, 0.15) is 162 Å². The Bertz CT molecular complexity index is 892. The molecule has 3 N–H and O–H groups in total. The molecule has 48 heavy (non-hydrogen) atoms. The zero-order valence-electron chi connectivity index (χ0n) is 30.5. The van der Waals surface area contributed by atoms with E-state index in [4.69, 9.17) is 24.3 Å². The van der Waals surface area contributed by atoms with E-state index in [-0.39, 0.29) is 32.6 Å². The molecule has 0 spiro atoms. The Morgan fingerprint density at radius 3 is 1.65 bits per heavy atom. The number of rotatable bonds is 35. The highest BCUT2D eigenvalue weighted by Crippen LogP contribution is 2.43. The lowest BCUT2D eigenvalue weighted by Crippen LogP contribution is -2.29. The van der Waals surface area contributed by atoms with Crippen molar-refractivity contribution in [2.24, 2.45) is 5.73 Å². The van der Waals surface area contributed by atoms with Gasteiger partial charge in [-0.3, -0.25) is 18.6 Å². The lowest BCUT2D eigenvalue weighted by molar-refractivity contribution is -0.161. The summed E-state index contributed by atoms with van der Waals surface area (Å²) < 4.78 is 32.6. The first-order valence-corrected chi connectivity index (χ1v) is 20.5. The van der Waals surface area contributed by atoms with Gasteiger partial charge in [-0.2, -0.15) is 0 Å². The summed E-state index contributed by atoms with van der Waals surface area (Å²) in [6, 6.07) is 0.